The number of para-hydroxylation sites is 1. The molecule has 167 valence electrons. The van der Waals surface area contributed by atoms with E-state index in [0.29, 0.717) is 22.8 Å². The first-order valence-corrected chi connectivity index (χ1v) is 8.16. The third-order valence-electron chi connectivity index (χ3n) is 2.96. The third kappa shape index (κ3) is 19.3. The summed E-state index contributed by atoms with van der Waals surface area (Å²) in [7, 11) is 0. The summed E-state index contributed by atoms with van der Waals surface area (Å²) in [5.74, 6) is 0.0718. The molecule has 4 N–H and O–H groups in total. The minimum atomic E-state index is 0. The zero-order chi connectivity index (χ0) is 22.5. The van der Waals surface area contributed by atoms with E-state index in [4.69, 9.17) is 20.8 Å². The second-order valence-electron chi connectivity index (χ2n) is 5.08. The van der Waals surface area contributed by atoms with Gasteiger partial charge in [0, 0.05) is 29.2 Å². The summed E-state index contributed by atoms with van der Waals surface area (Å²) < 4.78 is 0. The number of rotatable bonds is 2. The van der Waals surface area contributed by atoms with Crippen LogP contribution >= 0.6 is 0 Å². The van der Waals surface area contributed by atoms with Crippen molar-refractivity contribution in [2.75, 3.05) is 0 Å². The first-order valence-electron chi connectivity index (χ1n) is 8.16. The maximum Gasteiger partial charge on any atom is 0.101 e. The monoisotopic (exact) mass is 463 g/mol. The van der Waals surface area contributed by atoms with Gasteiger partial charge >= 0.3 is 0 Å². The van der Waals surface area contributed by atoms with Gasteiger partial charge in [0.15, 0.2) is 0 Å². The zero-order valence-corrected chi connectivity index (χ0v) is 18.1. The summed E-state index contributed by atoms with van der Waals surface area (Å²) in [5, 5.41) is 53.5. The van der Waals surface area contributed by atoms with Crippen LogP contribution in [0.5, 0.6) is 5.75 Å². The average molecular weight is 463 g/mol. The first-order chi connectivity index (χ1) is 13.8. The molecule has 10 nitrogen and oxygen atoms in total. The van der Waals surface area contributed by atoms with Crippen molar-refractivity contribution in [3.8, 4) is 5.75 Å². The normalized spacial score (nSPS) is 11.2. The molecule has 1 aromatic carbocycles. The second-order valence-corrected chi connectivity index (χ2v) is 5.08. The van der Waals surface area contributed by atoms with Gasteiger partial charge in [-0.2, -0.15) is 0 Å². The van der Waals surface area contributed by atoms with Crippen LogP contribution in [0.15, 0.2) is 81.5 Å². The quantitative estimate of drug-likeness (QED) is 0.303. The molecule has 0 bridgehead atoms. The number of aromatic nitrogens is 1. The molecule has 0 aliphatic heterocycles. The topological polar surface area (TPSA) is 166 Å². The SMILES string of the molecule is CC(=N\O)/C(C)=N/O.CC(=N\O)/C(C)=N/O.[Co].[O-]c1ccccc1.c1ccncc1. The van der Waals surface area contributed by atoms with Crippen molar-refractivity contribution in [1.82, 2.24) is 4.98 Å². The van der Waals surface area contributed by atoms with Crippen molar-refractivity contribution in [1.29, 1.82) is 0 Å². The second kappa shape index (κ2) is 21.9. The summed E-state index contributed by atoms with van der Waals surface area (Å²) in [6.07, 6.45) is 3.50. The van der Waals surface area contributed by atoms with Gasteiger partial charge in [-0.15, -0.1) is 5.75 Å². The van der Waals surface area contributed by atoms with Crippen LogP contribution in [-0.4, -0.2) is 48.7 Å². The summed E-state index contributed by atoms with van der Waals surface area (Å²) in [6.45, 7) is 6.15. The molecular weight excluding hydrogens is 437 g/mol. The molecule has 1 heterocycles. The van der Waals surface area contributed by atoms with Crippen LogP contribution in [0.1, 0.15) is 27.7 Å². The molecule has 0 atom stereocenters. The minimum Gasteiger partial charge on any atom is -0.872 e. The van der Waals surface area contributed by atoms with Gasteiger partial charge in [-0.25, -0.2) is 0 Å². The first kappa shape index (κ1) is 31.3. The Balaban J connectivity index is -0.000000321. The van der Waals surface area contributed by atoms with Crippen molar-refractivity contribution >= 4 is 22.8 Å². The number of oxime groups is 4. The Labute approximate surface area is 185 Å². The van der Waals surface area contributed by atoms with Crippen molar-refractivity contribution in [3.05, 3.63) is 60.9 Å². The molecule has 1 radical (unpaired) electrons. The molecule has 0 unspecified atom stereocenters. The molecule has 1 aromatic heterocycles. The van der Waals surface area contributed by atoms with Crippen LogP contribution in [-0.2, 0) is 16.8 Å². The van der Waals surface area contributed by atoms with E-state index >= 15 is 0 Å². The predicted octanol–water partition coefficient (Wildman–Crippen LogP) is 3.21. The van der Waals surface area contributed by atoms with Crippen molar-refractivity contribution < 1.29 is 42.7 Å². The van der Waals surface area contributed by atoms with Crippen molar-refractivity contribution in [2.45, 2.75) is 27.7 Å². The molecule has 0 spiro atoms. The van der Waals surface area contributed by atoms with E-state index in [2.05, 4.69) is 25.6 Å². The van der Waals surface area contributed by atoms with E-state index in [-0.39, 0.29) is 22.5 Å². The molecule has 0 aliphatic carbocycles. The third-order valence-corrected chi connectivity index (χ3v) is 2.96. The van der Waals surface area contributed by atoms with E-state index in [0.717, 1.165) is 0 Å². The number of hydrogen-bond donors (Lipinski definition) is 4. The standard InChI is InChI=1S/C6H6O.C5H5N.2C4H8N2O2.Co/c7-6-4-2-1-3-5-6;1-2-4-6-5-3-1;2*1-3(5-7)4(2)6-8;/h1-5,7H;1-5H;2*7-8H,1-2H3;/p-1/b;;2*5-3+,6-4+;. The Kier molecular flexibility index (Phi) is 22.8. The Morgan fingerprint density at radius 2 is 0.933 bits per heavy atom. The smallest absolute Gasteiger partial charge is 0.101 e. The van der Waals surface area contributed by atoms with Gasteiger partial charge in [0.2, 0.25) is 0 Å². The molecule has 0 saturated heterocycles. The summed E-state index contributed by atoms with van der Waals surface area (Å²) in [5.41, 5.74) is 1.25. The molecule has 0 fully saturated rings. The number of benzene rings is 1. The van der Waals surface area contributed by atoms with Crippen LogP contribution < -0.4 is 5.11 Å². The summed E-state index contributed by atoms with van der Waals surface area (Å²) in [4.78, 5) is 3.78. The van der Waals surface area contributed by atoms with Crippen LogP contribution in [0.4, 0.5) is 0 Å². The molecule has 0 aliphatic rings. The van der Waals surface area contributed by atoms with E-state index in [9.17, 15) is 5.11 Å². The Morgan fingerprint density at radius 1 is 0.633 bits per heavy atom. The maximum absolute atomic E-state index is 10.3. The zero-order valence-electron chi connectivity index (χ0n) is 17.0. The van der Waals surface area contributed by atoms with Crippen molar-refractivity contribution in [2.24, 2.45) is 20.6 Å². The summed E-state index contributed by atoms with van der Waals surface area (Å²) >= 11 is 0. The fourth-order valence-corrected chi connectivity index (χ4v) is 1.02. The van der Waals surface area contributed by atoms with Gasteiger partial charge in [-0.3, -0.25) is 4.98 Å². The predicted molar refractivity (Wildman–Crippen MR) is 110 cm³/mol. The molecule has 11 heteroatoms. The van der Waals surface area contributed by atoms with Gasteiger partial charge in [0.25, 0.3) is 0 Å². The number of nitrogens with zero attached hydrogens (tertiary/aromatic N) is 5. The van der Waals surface area contributed by atoms with Crippen LogP contribution in [0.25, 0.3) is 0 Å². The van der Waals surface area contributed by atoms with Crippen LogP contribution in [0.3, 0.4) is 0 Å². The van der Waals surface area contributed by atoms with Gasteiger partial charge in [-0.1, -0.05) is 57.0 Å². The maximum atomic E-state index is 10.3. The van der Waals surface area contributed by atoms with E-state index in [1.165, 1.54) is 39.8 Å². The largest absolute Gasteiger partial charge is 0.872 e. The van der Waals surface area contributed by atoms with Gasteiger partial charge in [0.1, 0.15) is 22.8 Å². The number of pyridine rings is 1. The van der Waals surface area contributed by atoms with Crippen LogP contribution in [0.2, 0.25) is 0 Å². The summed E-state index contributed by atoms with van der Waals surface area (Å²) in [6, 6.07) is 14.0. The Hall–Kier alpha value is -3.44. The molecular formula is C19H26CoN5O5-. The average Bonchev–Trinajstić information content (AvgIpc) is 2.79. The van der Waals surface area contributed by atoms with E-state index in [1.807, 2.05) is 24.3 Å². The van der Waals surface area contributed by atoms with Gasteiger partial charge < -0.3 is 25.9 Å². The van der Waals surface area contributed by atoms with E-state index in [1.54, 1.807) is 24.5 Å². The molecule has 2 rings (SSSR count). The van der Waals surface area contributed by atoms with E-state index < -0.39 is 0 Å². The molecule has 0 saturated carbocycles. The van der Waals surface area contributed by atoms with Crippen LogP contribution in [0, 0.1) is 0 Å². The minimum absolute atomic E-state index is 0. The van der Waals surface area contributed by atoms with Gasteiger partial charge in [0.05, 0.1) is 0 Å². The molecule has 2 aromatic rings. The van der Waals surface area contributed by atoms with Crippen molar-refractivity contribution in [3.63, 3.8) is 0 Å². The van der Waals surface area contributed by atoms with Gasteiger partial charge in [-0.05, 0) is 39.8 Å². The number of hydrogen-bond acceptors (Lipinski definition) is 10. The molecule has 30 heavy (non-hydrogen) atoms. The molecule has 0 amide bonds. The Morgan fingerprint density at radius 3 is 1.07 bits per heavy atom. The Bertz CT molecular complexity index is 679. The fourth-order valence-electron chi connectivity index (χ4n) is 1.02. The fraction of sp³-hybridized carbons (Fsp3) is 0.211.